The number of benzene rings is 1. The number of ether oxygens (including phenoxy) is 3. The molecule has 0 bridgehead atoms. The molecule has 3 heterocycles. The van der Waals surface area contributed by atoms with Crippen LogP contribution in [0.2, 0.25) is 0 Å². The molecule has 0 spiro atoms. The second kappa shape index (κ2) is 4.40. The molecule has 1 aromatic rings. The molecule has 0 radical (unpaired) electrons. The fourth-order valence-corrected chi connectivity index (χ4v) is 4.65. The number of methoxy groups -OCH3 is 1. The molecule has 4 atom stereocenters. The highest BCUT2D eigenvalue weighted by atomic mass is 16.7. The molecule has 1 fully saturated rings. The summed E-state index contributed by atoms with van der Waals surface area (Å²) in [5.74, 6) is 2.83. The normalized spacial score (nSPS) is 34.9. The minimum Gasteiger partial charge on any atom is -0.499 e. The Morgan fingerprint density at radius 2 is 2.09 bits per heavy atom. The predicted octanol–water partition coefficient (Wildman–Crippen LogP) is 1.61. The Morgan fingerprint density at radius 3 is 2.91 bits per heavy atom. The Bertz CT molecular complexity index is 671. The van der Waals surface area contributed by atoms with Crippen molar-refractivity contribution in [3.8, 4) is 11.5 Å². The van der Waals surface area contributed by atoms with Crippen LogP contribution in [0.4, 0.5) is 0 Å². The molecule has 4 aliphatic rings. The zero-order valence-electron chi connectivity index (χ0n) is 12.5. The van der Waals surface area contributed by atoms with E-state index in [1.54, 1.807) is 7.11 Å². The summed E-state index contributed by atoms with van der Waals surface area (Å²) in [7, 11) is 1.64. The monoisotopic (exact) mass is 301 g/mol. The third-order valence-electron chi connectivity index (χ3n) is 5.59. The van der Waals surface area contributed by atoms with Gasteiger partial charge < -0.3 is 19.3 Å². The molecule has 3 aliphatic heterocycles. The minimum atomic E-state index is -0.591. The van der Waals surface area contributed by atoms with Gasteiger partial charge in [0.15, 0.2) is 11.5 Å². The van der Waals surface area contributed by atoms with E-state index >= 15 is 0 Å². The topological polar surface area (TPSA) is 51.2 Å². The lowest BCUT2D eigenvalue weighted by atomic mass is 9.72. The number of aliphatic hydroxyl groups excluding tert-OH is 1. The summed E-state index contributed by atoms with van der Waals surface area (Å²) in [6.45, 7) is 2.27. The number of rotatable bonds is 1. The van der Waals surface area contributed by atoms with Crippen molar-refractivity contribution in [1.29, 1.82) is 0 Å². The summed E-state index contributed by atoms with van der Waals surface area (Å²) < 4.78 is 16.5. The van der Waals surface area contributed by atoms with Crippen LogP contribution in [0.1, 0.15) is 23.5 Å². The second-order valence-corrected chi connectivity index (χ2v) is 6.56. The van der Waals surface area contributed by atoms with Crippen LogP contribution >= 0.6 is 0 Å². The first-order valence-corrected chi connectivity index (χ1v) is 7.86. The van der Waals surface area contributed by atoms with Crippen molar-refractivity contribution in [3.05, 3.63) is 35.1 Å². The van der Waals surface area contributed by atoms with Gasteiger partial charge in [-0.2, -0.15) is 0 Å². The van der Waals surface area contributed by atoms with E-state index in [1.807, 2.05) is 0 Å². The predicted molar refractivity (Wildman–Crippen MR) is 78.7 cm³/mol. The van der Waals surface area contributed by atoms with Gasteiger partial charge in [-0.1, -0.05) is 0 Å². The minimum absolute atomic E-state index is 0.0469. The maximum Gasteiger partial charge on any atom is 0.231 e. The van der Waals surface area contributed by atoms with E-state index < -0.39 is 6.10 Å². The zero-order chi connectivity index (χ0) is 14.8. The number of nitrogens with zero attached hydrogens (tertiary/aromatic N) is 1. The zero-order valence-corrected chi connectivity index (χ0v) is 12.5. The Balaban J connectivity index is 1.67. The number of hydrogen-bond donors (Lipinski definition) is 1. The molecule has 0 aromatic heterocycles. The van der Waals surface area contributed by atoms with Crippen molar-refractivity contribution in [2.24, 2.45) is 5.92 Å². The third-order valence-corrected chi connectivity index (χ3v) is 5.59. The summed E-state index contributed by atoms with van der Waals surface area (Å²) in [4.78, 5) is 2.49. The van der Waals surface area contributed by atoms with Gasteiger partial charge >= 0.3 is 0 Å². The van der Waals surface area contributed by atoms with Crippen molar-refractivity contribution in [1.82, 2.24) is 4.90 Å². The van der Waals surface area contributed by atoms with Gasteiger partial charge in [0.1, 0.15) is 11.9 Å². The van der Waals surface area contributed by atoms with Crippen LogP contribution in [0.3, 0.4) is 0 Å². The Labute approximate surface area is 129 Å². The van der Waals surface area contributed by atoms with Gasteiger partial charge in [-0.15, -0.1) is 0 Å². The lowest BCUT2D eigenvalue weighted by molar-refractivity contribution is 0.0413. The lowest BCUT2D eigenvalue weighted by Gasteiger charge is -2.45. The molecule has 5 nitrogen and oxygen atoms in total. The highest BCUT2D eigenvalue weighted by Crippen LogP contribution is 2.50. The van der Waals surface area contributed by atoms with Crippen molar-refractivity contribution in [2.75, 3.05) is 20.4 Å². The molecule has 4 unspecified atom stereocenters. The van der Waals surface area contributed by atoms with Gasteiger partial charge in [-0.25, -0.2) is 0 Å². The van der Waals surface area contributed by atoms with E-state index in [0.29, 0.717) is 17.7 Å². The van der Waals surface area contributed by atoms with Gasteiger partial charge in [0.05, 0.1) is 7.11 Å². The highest BCUT2D eigenvalue weighted by molar-refractivity contribution is 5.52. The molecule has 0 saturated carbocycles. The van der Waals surface area contributed by atoms with Gasteiger partial charge in [0.25, 0.3) is 0 Å². The molecule has 0 amide bonds. The molecular formula is C17H19NO4. The van der Waals surface area contributed by atoms with Crippen molar-refractivity contribution in [3.63, 3.8) is 0 Å². The fourth-order valence-electron chi connectivity index (χ4n) is 4.65. The average Bonchev–Trinajstić information content (AvgIpc) is 3.14. The first-order chi connectivity index (χ1) is 10.8. The van der Waals surface area contributed by atoms with E-state index in [9.17, 15) is 5.11 Å². The first-order valence-electron chi connectivity index (χ1n) is 7.86. The molecule has 22 heavy (non-hydrogen) atoms. The average molecular weight is 301 g/mol. The van der Waals surface area contributed by atoms with E-state index in [-0.39, 0.29) is 12.7 Å². The molecule has 5 rings (SSSR count). The fraction of sp³-hybridized carbons (Fsp3) is 0.529. The molecule has 1 saturated heterocycles. The quantitative estimate of drug-likeness (QED) is 0.854. The first kappa shape index (κ1) is 12.8. The van der Waals surface area contributed by atoms with E-state index in [4.69, 9.17) is 14.2 Å². The number of hydrogen-bond acceptors (Lipinski definition) is 5. The van der Waals surface area contributed by atoms with Gasteiger partial charge in [0.2, 0.25) is 6.79 Å². The highest BCUT2D eigenvalue weighted by Gasteiger charge is 2.50. The Kier molecular flexibility index (Phi) is 2.56. The van der Waals surface area contributed by atoms with Gasteiger partial charge in [-0.3, -0.25) is 4.90 Å². The second-order valence-electron chi connectivity index (χ2n) is 6.56. The smallest absolute Gasteiger partial charge is 0.231 e. The van der Waals surface area contributed by atoms with Crippen LogP contribution < -0.4 is 9.47 Å². The SMILES string of the molecule is COC1=CC2CCN3Cc4cc5c(cc4C(C1O)C23)OCO5. The van der Waals surface area contributed by atoms with Gasteiger partial charge in [-0.05, 0) is 48.2 Å². The summed E-state index contributed by atoms with van der Waals surface area (Å²) in [6.07, 6.45) is 2.66. The molecule has 5 heteroatoms. The van der Waals surface area contributed by atoms with Crippen LogP contribution in [0.5, 0.6) is 11.5 Å². The molecule has 116 valence electrons. The van der Waals surface area contributed by atoms with Crippen LogP contribution in [0.25, 0.3) is 0 Å². The molecular weight excluding hydrogens is 282 g/mol. The van der Waals surface area contributed by atoms with Crippen molar-refractivity contribution < 1.29 is 19.3 Å². The Morgan fingerprint density at radius 1 is 1.27 bits per heavy atom. The van der Waals surface area contributed by atoms with Crippen LogP contribution in [0, 0.1) is 5.92 Å². The molecule has 1 aliphatic carbocycles. The van der Waals surface area contributed by atoms with Crippen molar-refractivity contribution in [2.45, 2.75) is 31.0 Å². The Hall–Kier alpha value is -1.72. The van der Waals surface area contributed by atoms with Crippen molar-refractivity contribution >= 4 is 0 Å². The standard InChI is InChI=1S/C17H19NO4/c1-20-14-4-9-2-3-18-7-10-5-12-13(22-8-21-12)6-11(10)15(16(9)18)17(14)19/h4-6,9,15-17,19H,2-3,7-8H2,1H3. The summed E-state index contributed by atoms with van der Waals surface area (Å²) in [6, 6.07) is 4.51. The summed E-state index contributed by atoms with van der Waals surface area (Å²) in [5, 5.41) is 10.8. The number of fused-ring (bicyclic) bond motifs is 3. The van der Waals surface area contributed by atoms with Crippen LogP contribution in [-0.2, 0) is 11.3 Å². The molecule has 1 N–H and O–H groups in total. The lowest BCUT2D eigenvalue weighted by Crippen LogP contribution is -2.48. The van der Waals surface area contributed by atoms with E-state index in [2.05, 4.69) is 23.1 Å². The van der Waals surface area contributed by atoms with E-state index in [1.165, 1.54) is 11.1 Å². The maximum atomic E-state index is 10.8. The summed E-state index contributed by atoms with van der Waals surface area (Å²) in [5.41, 5.74) is 2.43. The number of aliphatic hydroxyl groups is 1. The van der Waals surface area contributed by atoms with Crippen LogP contribution in [0.15, 0.2) is 24.0 Å². The maximum absolute atomic E-state index is 10.8. The van der Waals surface area contributed by atoms with Gasteiger partial charge in [0, 0.05) is 18.5 Å². The van der Waals surface area contributed by atoms with E-state index in [0.717, 1.165) is 31.0 Å². The molecule has 1 aromatic carbocycles. The van der Waals surface area contributed by atoms with Crippen LogP contribution in [-0.4, -0.2) is 42.6 Å². The summed E-state index contributed by atoms with van der Waals surface area (Å²) >= 11 is 0. The largest absolute Gasteiger partial charge is 0.499 e. The third kappa shape index (κ3) is 1.55.